The summed E-state index contributed by atoms with van der Waals surface area (Å²) in [5.74, 6) is 1.18. The molecule has 0 aliphatic heterocycles. The molecule has 2 rings (SSSR count). The lowest BCUT2D eigenvalue weighted by Crippen LogP contribution is -2.25. The first-order valence-electron chi connectivity index (χ1n) is 7.82. The molecule has 0 aromatic carbocycles. The van der Waals surface area contributed by atoms with Crippen molar-refractivity contribution in [3.63, 3.8) is 0 Å². The first-order chi connectivity index (χ1) is 10.0. The van der Waals surface area contributed by atoms with Crippen molar-refractivity contribution in [3.8, 4) is 0 Å². The van der Waals surface area contributed by atoms with Gasteiger partial charge in [0, 0.05) is 0 Å². The van der Waals surface area contributed by atoms with Crippen LogP contribution in [0.2, 0.25) is 0 Å². The summed E-state index contributed by atoms with van der Waals surface area (Å²) in [6, 6.07) is 0. The van der Waals surface area contributed by atoms with Gasteiger partial charge >= 0.3 is 0 Å². The highest BCUT2D eigenvalue weighted by Gasteiger charge is 2.50. The lowest BCUT2D eigenvalue weighted by molar-refractivity contribution is 0.0329. The second-order valence-electron chi connectivity index (χ2n) is 6.75. The smallest absolute Gasteiger partial charge is 0.111 e. The third kappa shape index (κ3) is 3.24. The Balaban J connectivity index is 2.24. The van der Waals surface area contributed by atoms with Crippen LogP contribution in [-0.4, -0.2) is 31.0 Å². The highest BCUT2D eigenvalue weighted by atomic mass is 16.5. The van der Waals surface area contributed by atoms with E-state index < -0.39 is 0 Å². The molecule has 0 amide bonds. The van der Waals surface area contributed by atoms with Gasteiger partial charge in [0.05, 0.1) is 25.6 Å². The fourth-order valence-electron chi connectivity index (χ4n) is 4.14. The Morgan fingerprint density at radius 3 is 2.76 bits per heavy atom. The summed E-state index contributed by atoms with van der Waals surface area (Å²) in [4.78, 5) is 0. The summed E-state index contributed by atoms with van der Waals surface area (Å²) in [6.07, 6.45) is 6.77. The normalized spacial score (nSPS) is 30.3. The van der Waals surface area contributed by atoms with E-state index in [4.69, 9.17) is 14.6 Å². The van der Waals surface area contributed by atoms with Gasteiger partial charge in [-0.2, -0.15) is 0 Å². The Morgan fingerprint density at radius 2 is 2.14 bits per heavy atom. The zero-order chi connectivity index (χ0) is 15.5. The van der Waals surface area contributed by atoms with Crippen LogP contribution in [0.5, 0.6) is 0 Å². The summed E-state index contributed by atoms with van der Waals surface area (Å²) in [5, 5.41) is 9.01. The van der Waals surface area contributed by atoms with Crippen molar-refractivity contribution < 1.29 is 14.6 Å². The molecule has 0 aromatic rings. The Labute approximate surface area is 128 Å². The summed E-state index contributed by atoms with van der Waals surface area (Å²) in [6.45, 7) is 13.3. The maximum absolute atomic E-state index is 9.01. The number of ether oxygens (including phenoxy) is 2. The summed E-state index contributed by atoms with van der Waals surface area (Å²) in [7, 11) is 0. The lowest BCUT2D eigenvalue weighted by Gasteiger charge is -2.30. The van der Waals surface area contributed by atoms with Crippen LogP contribution in [0.3, 0.4) is 0 Å². The Bertz CT molecular complexity index is 422. The Kier molecular flexibility index (Phi) is 5.28. The predicted octanol–water partition coefficient (Wildman–Crippen LogP) is 3.46. The van der Waals surface area contributed by atoms with Crippen molar-refractivity contribution in [2.24, 2.45) is 17.3 Å². The third-order valence-corrected chi connectivity index (χ3v) is 5.04. The van der Waals surface area contributed by atoms with E-state index in [1.165, 1.54) is 17.4 Å². The molecule has 0 aromatic heterocycles. The number of aliphatic hydroxyl groups excluding tert-OH is 1. The van der Waals surface area contributed by atoms with Gasteiger partial charge in [0.15, 0.2) is 0 Å². The number of aliphatic hydroxyl groups is 1. The van der Waals surface area contributed by atoms with Crippen LogP contribution in [0.15, 0.2) is 36.6 Å². The van der Waals surface area contributed by atoms with Crippen LogP contribution < -0.4 is 0 Å². The van der Waals surface area contributed by atoms with E-state index in [1.807, 2.05) is 6.08 Å². The largest absolute Gasteiger partial charge is 0.497 e. The second-order valence-corrected chi connectivity index (χ2v) is 6.75. The molecule has 0 unspecified atom stereocenters. The summed E-state index contributed by atoms with van der Waals surface area (Å²) >= 11 is 0. The average Bonchev–Trinajstić information content (AvgIpc) is 2.88. The van der Waals surface area contributed by atoms with Crippen molar-refractivity contribution >= 4 is 0 Å². The van der Waals surface area contributed by atoms with Crippen molar-refractivity contribution in [2.75, 3.05) is 19.8 Å². The minimum atomic E-state index is 0.0632. The van der Waals surface area contributed by atoms with Crippen LogP contribution in [0.25, 0.3) is 0 Å². The number of rotatable bonds is 8. The van der Waals surface area contributed by atoms with Crippen LogP contribution >= 0.6 is 0 Å². The standard InChI is InChI=1S/C18H28O3/c1-5-7-16-13-10-17(21-9-8-19)15(12-20-6-2)14(13)11-18(16,3)4/h5-6,13,16-17,19H,1-2,7-12H2,3-4H3/t13-,16+,17-/m0/s1. The minimum Gasteiger partial charge on any atom is -0.497 e. The van der Waals surface area contributed by atoms with E-state index >= 15 is 0 Å². The molecule has 0 bridgehead atoms. The molecule has 1 fully saturated rings. The zero-order valence-corrected chi connectivity index (χ0v) is 13.3. The van der Waals surface area contributed by atoms with Crippen molar-refractivity contribution in [1.29, 1.82) is 0 Å². The van der Waals surface area contributed by atoms with E-state index in [1.54, 1.807) is 0 Å². The molecule has 0 saturated heterocycles. The monoisotopic (exact) mass is 292 g/mol. The van der Waals surface area contributed by atoms with Gasteiger partial charge in [0.1, 0.15) is 6.61 Å². The predicted molar refractivity (Wildman–Crippen MR) is 84.8 cm³/mol. The van der Waals surface area contributed by atoms with Gasteiger partial charge in [0.2, 0.25) is 0 Å². The van der Waals surface area contributed by atoms with Crippen molar-refractivity contribution in [1.82, 2.24) is 0 Å². The lowest BCUT2D eigenvalue weighted by atomic mass is 9.75. The van der Waals surface area contributed by atoms with E-state index in [0.29, 0.717) is 30.5 Å². The van der Waals surface area contributed by atoms with E-state index in [0.717, 1.165) is 19.3 Å². The summed E-state index contributed by atoms with van der Waals surface area (Å²) in [5.41, 5.74) is 3.08. The highest BCUT2D eigenvalue weighted by Crippen LogP contribution is 2.57. The Morgan fingerprint density at radius 1 is 1.38 bits per heavy atom. The van der Waals surface area contributed by atoms with Crippen LogP contribution in [-0.2, 0) is 9.47 Å². The van der Waals surface area contributed by atoms with Crippen molar-refractivity contribution in [3.05, 3.63) is 36.6 Å². The molecule has 0 spiro atoms. The molecular weight excluding hydrogens is 264 g/mol. The molecule has 118 valence electrons. The minimum absolute atomic E-state index is 0.0632. The van der Waals surface area contributed by atoms with Gasteiger partial charge in [-0.05, 0) is 42.1 Å². The maximum atomic E-state index is 9.01. The van der Waals surface area contributed by atoms with E-state index in [-0.39, 0.29) is 12.7 Å². The Hall–Kier alpha value is -1.06. The molecule has 3 nitrogen and oxygen atoms in total. The zero-order valence-electron chi connectivity index (χ0n) is 13.3. The number of hydrogen-bond donors (Lipinski definition) is 1. The van der Waals surface area contributed by atoms with Gasteiger partial charge in [-0.15, -0.1) is 6.58 Å². The van der Waals surface area contributed by atoms with Crippen LogP contribution in [0, 0.1) is 17.3 Å². The molecule has 3 heteroatoms. The summed E-state index contributed by atoms with van der Waals surface area (Å²) < 4.78 is 11.3. The molecular formula is C18H28O3. The molecule has 21 heavy (non-hydrogen) atoms. The molecule has 0 radical (unpaired) electrons. The number of allylic oxidation sites excluding steroid dienone is 2. The first kappa shape index (κ1) is 16.3. The SMILES string of the molecule is C=CC[C@@H]1[C@H]2C[C@H](OCCO)C(COC=C)=C2CC1(C)C. The fourth-order valence-corrected chi connectivity index (χ4v) is 4.14. The third-order valence-electron chi connectivity index (χ3n) is 5.04. The van der Waals surface area contributed by atoms with Gasteiger partial charge in [-0.25, -0.2) is 0 Å². The topological polar surface area (TPSA) is 38.7 Å². The van der Waals surface area contributed by atoms with Gasteiger partial charge < -0.3 is 14.6 Å². The molecule has 1 N–H and O–H groups in total. The average molecular weight is 292 g/mol. The number of hydrogen-bond acceptors (Lipinski definition) is 3. The second kappa shape index (κ2) is 6.80. The van der Waals surface area contributed by atoms with Gasteiger partial charge in [-0.3, -0.25) is 0 Å². The first-order valence-corrected chi connectivity index (χ1v) is 7.82. The van der Waals surface area contributed by atoms with Gasteiger partial charge in [-0.1, -0.05) is 32.1 Å². The molecule has 0 heterocycles. The number of fused-ring (bicyclic) bond motifs is 1. The highest BCUT2D eigenvalue weighted by molar-refractivity contribution is 5.34. The quantitative estimate of drug-likeness (QED) is 0.550. The van der Waals surface area contributed by atoms with E-state index in [2.05, 4.69) is 27.0 Å². The molecule has 2 aliphatic rings. The van der Waals surface area contributed by atoms with Gasteiger partial charge in [0.25, 0.3) is 0 Å². The molecule has 3 atom stereocenters. The molecule has 2 aliphatic carbocycles. The fraction of sp³-hybridized carbons (Fsp3) is 0.667. The van der Waals surface area contributed by atoms with E-state index in [9.17, 15) is 0 Å². The van der Waals surface area contributed by atoms with Crippen LogP contribution in [0.4, 0.5) is 0 Å². The van der Waals surface area contributed by atoms with Crippen LogP contribution in [0.1, 0.15) is 33.1 Å². The maximum Gasteiger partial charge on any atom is 0.111 e. The molecule has 1 saturated carbocycles. The van der Waals surface area contributed by atoms with Crippen molar-refractivity contribution in [2.45, 2.75) is 39.2 Å².